The number of hydrogen-bond donors (Lipinski definition) is 1. The molecule has 1 radical (unpaired) electrons. The predicted octanol–water partition coefficient (Wildman–Crippen LogP) is 7.80. The van der Waals surface area contributed by atoms with Gasteiger partial charge in [0, 0.05) is 12.1 Å². The lowest BCUT2D eigenvalue weighted by Crippen LogP contribution is -2.10. The van der Waals surface area contributed by atoms with Crippen LogP contribution in [0.3, 0.4) is 0 Å². The van der Waals surface area contributed by atoms with Crippen LogP contribution in [0.25, 0.3) is 0 Å². The van der Waals surface area contributed by atoms with Crippen LogP contribution >= 0.6 is 0 Å². The maximum Gasteiger partial charge on any atom is 0.224 e. The van der Waals surface area contributed by atoms with Gasteiger partial charge >= 0.3 is 0 Å². The predicted molar refractivity (Wildman–Crippen MR) is 125 cm³/mol. The number of hydrogen-bond acceptors (Lipinski definition) is 2. The summed E-state index contributed by atoms with van der Waals surface area (Å²) in [5, 5.41) is 7.10. The molecule has 161 valence electrons. The van der Waals surface area contributed by atoms with Crippen LogP contribution in [-0.4, -0.2) is 12.2 Å². The summed E-state index contributed by atoms with van der Waals surface area (Å²) in [6.07, 6.45) is 22.3. The quantitative estimate of drug-likeness (QED) is 0.267. The molecular formula is C25H40N3O. The number of carbonyl (C=O) groups is 1. The lowest BCUT2D eigenvalue weighted by atomic mass is 10.0. The maximum absolute atomic E-state index is 12.1. The topological polar surface area (TPSA) is 55.6 Å². The van der Waals surface area contributed by atoms with E-state index in [2.05, 4.69) is 22.5 Å². The van der Waals surface area contributed by atoms with Gasteiger partial charge in [-0.2, -0.15) is 0 Å². The van der Waals surface area contributed by atoms with Crippen molar-refractivity contribution in [1.82, 2.24) is 5.32 Å². The van der Waals surface area contributed by atoms with Gasteiger partial charge in [-0.25, -0.2) is 10.3 Å². The molecule has 0 unspecified atom stereocenters. The second kappa shape index (κ2) is 15.1. The van der Waals surface area contributed by atoms with Gasteiger partial charge in [0.15, 0.2) is 0 Å². The molecule has 4 nitrogen and oxygen atoms in total. The zero-order chi connectivity index (χ0) is 20.6. The number of fused-ring (bicyclic) bond motifs is 1. The van der Waals surface area contributed by atoms with Crippen LogP contribution in [-0.2, 0) is 4.79 Å². The van der Waals surface area contributed by atoms with Gasteiger partial charge in [0.25, 0.3) is 0 Å². The number of unbranched alkanes of at least 4 members (excludes halogenated alkanes) is 14. The number of carbonyl (C=O) groups excluding carboxylic acids is 1. The molecular weight excluding hydrogens is 358 g/mol. The number of rotatable bonds is 17. The Morgan fingerprint density at radius 1 is 0.759 bits per heavy atom. The van der Waals surface area contributed by atoms with E-state index in [1.54, 1.807) is 6.34 Å². The van der Waals surface area contributed by atoms with Gasteiger partial charge < -0.3 is 5.32 Å². The van der Waals surface area contributed by atoms with E-state index in [1.807, 2.05) is 18.2 Å². The fourth-order valence-corrected chi connectivity index (χ4v) is 3.85. The highest BCUT2D eigenvalue weighted by molar-refractivity contribution is 5.93. The summed E-state index contributed by atoms with van der Waals surface area (Å²) in [6, 6.07) is 5.67. The molecule has 1 aliphatic heterocycles. The molecule has 1 amide bonds. The number of aliphatic imine (C=N–C) groups is 1. The summed E-state index contributed by atoms with van der Waals surface area (Å²) >= 11 is 0. The van der Waals surface area contributed by atoms with Crippen molar-refractivity contribution in [2.45, 2.75) is 110 Å². The largest absolute Gasteiger partial charge is 0.326 e. The first-order valence-corrected chi connectivity index (χ1v) is 12.0. The Bertz CT molecular complexity index is 612. The van der Waals surface area contributed by atoms with Crippen molar-refractivity contribution >= 4 is 29.3 Å². The molecule has 0 aromatic heterocycles. The molecule has 0 saturated heterocycles. The number of nitrogens with one attached hydrogen (secondary N) is 1. The van der Waals surface area contributed by atoms with Gasteiger partial charge in [-0.15, -0.1) is 0 Å². The Kier molecular flexibility index (Phi) is 12.2. The summed E-state index contributed by atoms with van der Waals surface area (Å²) in [5.41, 5.74) is 2.50. The standard InChI is InChI=1S/C25H40N3O/c1-2-3-4-5-6-7-8-9-10-11-12-13-14-15-16-17-25(29)28-22-18-19-23-24(20-22)27-21-26-23/h18-21H,2-17H2,1H3,(H,28,29). The van der Waals surface area contributed by atoms with Crippen LogP contribution in [0.15, 0.2) is 23.2 Å². The third kappa shape index (κ3) is 10.5. The molecule has 0 spiro atoms. The van der Waals surface area contributed by atoms with E-state index in [0.29, 0.717) is 6.42 Å². The van der Waals surface area contributed by atoms with Crippen LogP contribution in [0.1, 0.15) is 110 Å². The molecule has 0 atom stereocenters. The highest BCUT2D eigenvalue weighted by Gasteiger charge is 2.09. The Labute approximate surface area is 178 Å². The van der Waals surface area contributed by atoms with E-state index in [1.165, 1.54) is 83.5 Å². The van der Waals surface area contributed by atoms with Crippen molar-refractivity contribution in [2.24, 2.45) is 4.99 Å². The number of benzene rings is 1. The smallest absolute Gasteiger partial charge is 0.224 e. The molecule has 2 rings (SSSR count). The Morgan fingerprint density at radius 3 is 1.90 bits per heavy atom. The molecule has 0 bridgehead atoms. The van der Waals surface area contributed by atoms with Crippen molar-refractivity contribution in [3.8, 4) is 0 Å². The summed E-state index contributed by atoms with van der Waals surface area (Å²) < 4.78 is 0. The molecule has 4 heteroatoms. The normalized spacial score (nSPS) is 12.0. The molecule has 1 aliphatic rings. The van der Waals surface area contributed by atoms with Crippen LogP contribution in [0.5, 0.6) is 0 Å². The van der Waals surface area contributed by atoms with Crippen molar-refractivity contribution < 1.29 is 4.79 Å². The SMILES string of the molecule is CCCCCCCCCCCCCCCCCC(=O)Nc1ccc2c(c1)N=C[N]2. The summed E-state index contributed by atoms with van der Waals surface area (Å²) in [6.45, 7) is 2.28. The lowest BCUT2D eigenvalue weighted by molar-refractivity contribution is -0.116. The highest BCUT2D eigenvalue weighted by Crippen LogP contribution is 2.31. The lowest BCUT2D eigenvalue weighted by Gasteiger charge is -2.06. The minimum absolute atomic E-state index is 0.0959. The zero-order valence-electron chi connectivity index (χ0n) is 18.4. The first kappa shape index (κ1) is 23.4. The molecule has 1 aromatic rings. The number of amides is 1. The van der Waals surface area contributed by atoms with Crippen molar-refractivity contribution in [3.05, 3.63) is 18.2 Å². The fraction of sp³-hybridized carbons (Fsp3) is 0.680. The minimum atomic E-state index is 0.0959. The fourth-order valence-electron chi connectivity index (χ4n) is 3.85. The molecule has 0 saturated carbocycles. The summed E-state index contributed by atoms with van der Waals surface area (Å²) in [4.78, 5) is 16.2. The highest BCUT2D eigenvalue weighted by atomic mass is 16.1. The van der Waals surface area contributed by atoms with Gasteiger partial charge in [-0.3, -0.25) is 4.79 Å². The van der Waals surface area contributed by atoms with Gasteiger partial charge in [0.1, 0.15) is 6.34 Å². The number of nitrogens with zero attached hydrogens (tertiary/aromatic N) is 2. The average molecular weight is 399 g/mol. The molecule has 0 aliphatic carbocycles. The van der Waals surface area contributed by atoms with E-state index >= 15 is 0 Å². The van der Waals surface area contributed by atoms with Crippen LogP contribution in [0.4, 0.5) is 17.1 Å². The van der Waals surface area contributed by atoms with Crippen LogP contribution in [0.2, 0.25) is 0 Å². The summed E-state index contributed by atoms with van der Waals surface area (Å²) in [7, 11) is 0. The first-order valence-electron chi connectivity index (χ1n) is 12.0. The Hall–Kier alpha value is -1.84. The molecule has 0 fully saturated rings. The number of anilines is 1. The maximum atomic E-state index is 12.1. The average Bonchev–Trinajstić information content (AvgIpc) is 3.19. The molecule has 29 heavy (non-hydrogen) atoms. The second-order valence-corrected chi connectivity index (χ2v) is 8.33. The van der Waals surface area contributed by atoms with Gasteiger partial charge in [-0.05, 0) is 24.6 Å². The van der Waals surface area contributed by atoms with E-state index in [4.69, 9.17) is 0 Å². The first-order chi connectivity index (χ1) is 14.3. The summed E-state index contributed by atoms with van der Waals surface area (Å²) in [5.74, 6) is 0.0959. The van der Waals surface area contributed by atoms with Crippen LogP contribution < -0.4 is 10.6 Å². The van der Waals surface area contributed by atoms with Gasteiger partial charge in [0.2, 0.25) is 5.91 Å². The molecule has 1 aromatic carbocycles. The Balaban J connectivity index is 1.35. The van der Waals surface area contributed by atoms with E-state index in [0.717, 1.165) is 29.9 Å². The van der Waals surface area contributed by atoms with E-state index < -0.39 is 0 Å². The van der Waals surface area contributed by atoms with Crippen molar-refractivity contribution in [3.63, 3.8) is 0 Å². The Morgan fingerprint density at radius 2 is 1.31 bits per heavy atom. The minimum Gasteiger partial charge on any atom is -0.326 e. The van der Waals surface area contributed by atoms with Crippen molar-refractivity contribution in [2.75, 3.05) is 5.32 Å². The third-order valence-electron chi connectivity index (χ3n) is 5.66. The zero-order valence-corrected chi connectivity index (χ0v) is 18.4. The van der Waals surface area contributed by atoms with Gasteiger partial charge in [0.05, 0.1) is 11.4 Å². The van der Waals surface area contributed by atoms with Crippen molar-refractivity contribution in [1.29, 1.82) is 0 Å². The molecule has 1 N–H and O–H groups in total. The van der Waals surface area contributed by atoms with Crippen LogP contribution in [0, 0.1) is 0 Å². The second-order valence-electron chi connectivity index (χ2n) is 8.33. The van der Waals surface area contributed by atoms with E-state index in [9.17, 15) is 4.79 Å². The molecule has 1 heterocycles. The van der Waals surface area contributed by atoms with Gasteiger partial charge in [-0.1, -0.05) is 96.8 Å². The monoisotopic (exact) mass is 398 g/mol. The third-order valence-corrected chi connectivity index (χ3v) is 5.66. The van der Waals surface area contributed by atoms with E-state index in [-0.39, 0.29) is 5.91 Å².